The molecule has 0 aromatic rings. The van der Waals surface area contributed by atoms with Gasteiger partial charge in [-0.05, 0) is 6.42 Å². The molecule has 0 saturated carbocycles. The molecule has 0 rings (SSSR count). The van der Waals surface area contributed by atoms with Gasteiger partial charge in [-0.2, -0.15) is 0 Å². The molecule has 0 atom stereocenters. The fourth-order valence-electron chi connectivity index (χ4n) is 0.212. The first-order chi connectivity index (χ1) is 3.31. The van der Waals surface area contributed by atoms with Crippen LogP contribution in [0, 0.1) is 5.92 Å². The third-order valence-corrected chi connectivity index (χ3v) is 0.915. The van der Waals surface area contributed by atoms with Crippen molar-refractivity contribution in [2.45, 2.75) is 20.3 Å². The van der Waals surface area contributed by atoms with Crippen LogP contribution in [-0.4, -0.2) is 11.9 Å². The summed E-state index contributed by atoms with van der Waals surface area (Å²) in [6, 6.07) is 0. The number of rotatable bonds is 3. The first kappa shape index (κ1) is 6.92. The molecule has 0 amide bonds. The average molecular weight is 103 g/mol. The minimum Gasteiger partial charge on any atom is -0.252 e. The Morgan fingerprint density at radius 2 is 2.29 bits per heavy atom. The molecule has 7 heavy (non-hydrogen) atoms. The molecule has 0 aliphatic heterocycles. The molecule has 0 bridgehead atoms. The van der Waals surface area contributed by atoms with Gasteiger partial charge < -0.3 is 0 Å². The SMILES string of the molecule is CC[C](C)COO. The maximum absolute atomic E-state index is 7.85. The van der Waals surface area contributed by atoms with Crippen LogP contribution in [0.1, 0.15) is 20.3 Å². The van der Waals surface area contributed by atoms with Crippen LogP contribution in [0.2, 0.25) is 0 Å². The van der Waals surface area contributed by atoms with Gasteiger partial charge in [0.15, 0.2) is 0 Å². The summed E-state index contributed by atoms with van der Waals surface area (Å²) in [5, 5.41) is 7.85. The summed E-state index contributed by atoms with van der Waals surface area (Å²) in [5.41, 5.74) is 0. The summed E-state index contributed by atoms with van der Waals surface area (Å²) in [6.07, 6.45) is 0.973. The van der Waals surface area contributed by atoms with E-state index in [0.29, 0.717) is 6.61 Å². The molecule has 1 N–H and O–H groups in total. The standard InChI is InChI=1S/C5H11O2/c1-3-5(2)4-7-6/h6H,3-4H2,1-2H3. The Morgan fingerprint density at radius 1 is 1.71 bits per heavy atom. The van der Waals surface area contributed by atoms with Gasteiger partial charge in [0.2, 0.25) is 0 Å². The molecular weight excluding hydrogens is 92.1 g/mol. The van der Waals surface area contributed by atoms with Crippen LogP contribution in [0.4, 0.5) is 0 Å². The second-order valence-corrected chi connectivity index (χ2v) is 1.58. The molecule has 0 saturated heterocycles. The van der Waals surface area contributed by atoms with Crippen molar-refractivity contribution in [1.29, 1.82) is 0 Å². The van der Waals surface area contributed by atoms with Crippen molar-refractivity contribution < 1.29 is 10.1 Å². The van der Waals surface area contributed by atoms with E-state index in [0.717, 1.165) is 12.3 Å². The van der Waals surface area contributed by atoms with Crippen molar-refractivity contribution in [2.24, 2.45) is 0 Å². The van der Waals surface area contributed by atoms with E-state index in [2.05, 4.69) is 4.89 Å². The van der Waals surface area contributed by atoms with Gasteiger partial charge in [-0.15, -0.1) is 0 Å². The molecule has 0 aliphatic carbocycles. The lowest BCUT2D eigenvalue weighted by Crippen LogP contribution is -1.98. The highest BCUT2D eigenvalue weighted by Crippen LogP contribution is 2.01. The van der Waals surface area contributed by atoms with Crippen LogP contribution in [0.25, 0.3) is 0 Å². The normalized spacial score (nSPS) is 10.3. The van der Waals surface area contributed by atoms with Gasteiger partial charge in [0.05, 0.1) is 6.61 Å². The van der Waals surface area contributed by atoms with Crippen LogP contribution >= 0.6 is 0 Å². The van der Waals surface area contributed by atoms with Gasteiger partial charge in [-0.3, -0.25) is 5.26 Å². The Hall–Kier alpha value is -0.0800. The van der Waals surface area contributed by atoms with Crippen LogP contribution in [-0.2, 0) is 4.89 Å². The molecule has 0 aliphatic rings. The zero-order valence-corrected chi connectivity index (χ0v) is 4.77. The zero-order chi connectivity index (χ0) is 5.70. The van der Waals surface area contributed by atoms with Crippen molar-refractivity contribution in [2.75, 3.05) is 6.61 Å². The highest BCUT2D eigenvalue weighted by atomic mass is 17.1. The number of hydrogen-bond donors (Lipinski definition) is 1. The van der Waals surface area contributed by atoms with Crippen molar-refractivity contribution in [3.63, 3.8) is 0 Å². The van der Waals surface area contributed by atoms with Crippen LogP contribution in [0.3, 0.4) is 0 Å². The van der Waals surface area contributed by atoms with Crippen LogP contribution in [0.5, 0.6) is 0 Å². The zero-order valence-electron chi connectivity index (χ0n) is 4.77. The molecular formula is C5H11O2. The quantitative estimate of drug-likeness (QED) is 0.433. The summed E-state index contributed by atoms with van der Waals surface area (Å²) < 4.78 is 0. The molecule has 43 valence electrons. The van der Waals surface area contributed by atoms with Gasteiger partial charge in [0.25, 0.3) is 0 Å². The van der Waals surface area contributed by atoms with Gasteiger partial charge in [0.1, 0.15) is 0 Å². The maximum Gasteiger partial charge on any atom is 0.0879 e. The Kier molecular flexibility index (Phi) is 4.04. The highest BCUT2D eigenvalue weighted by molar-refractivity contribution is 4.79. The Bertz CT molecular complexity index is 37.1. The van der Waals surface area contributed by atoms with E-state index < -0.39 is 0 Å². The largest absolute Gasteiger partial charge is 0.252 e. The predicted molar refractivity (Wildman–Crippen MR) is 27.8 cm³/mol. The molecule has 0 fully saturated rings. The van der Waals surface area contributed by atoms with Crippen molar-refractivity contribution in [1.82, 2.24) is 0 Å². The molecule has 0 spiro atoms. The lowest BCUT2D eigenvalue weighted by atomic mass is 10.1. The first-order valence-electron chi connectivity index (χ1n) is 2.39. The molecule has 2 heteroatoms. The lowest BCUT2D eigenvalue weighted by molar-refractivity contribution is -0.238. The molecule has 0 aromatic carbocycles. The Balaban J connectivity index is 2.83. The van der Waals surface area contributed by atoms with Crippen molar-refractivity contribution in [3.05, 3.63) is 5.92 Å². The van der Waals surface area contributed by atoms with Gasteiger partial charge in [-0.25, -0.2) is 4.89 Å². The van der Waals surface area contributed by atoms with E-state index in [1.54, 1.807) is 0 Å². The maximum atomic E-state index is 7.85. The van der Waals surface area contributed by atoms with E-state index in [1.807, 2.05) is 13.8 Å². The summed E-state index contributed by atoms with van der Waals surface area (Å²) >= 11 is 0. The average Bonchev–Trinajstić information content (AvgIpc) is 1.68. The lowest BCUT2D eigenvalue weighted by Gasteiger charge is -2.00. The van der Waals surface area contributed by atoms with E-state index >= 15 is 0 Å². The van der Waals surface area contributed by atoms with Crippen molar-refractivity contribution >= 4 is 0 Å². The van der Waals surface area contributed by atoms with Gasteiger partial charge in [0, 0.05) is 5.92 Å². The summed E-state index contributed by atoms with van der Waals surface area (Å²) in [4.78, 5) is 3.86. The third kappa shape index (κ3) is 3.76. The van der Waals surface area contributed by atoms with Gasteiger partial charge >= 0.3 is 0 Å². The van der Waals surface area contributed by atoms with Crippen molar-refractivity contribution in [3.8, 4) is 0 Å². The second-order valence-electron chi connectivity index (χ2n) is 1.58. The van der Waals surface area contributed by atoms with E-state index in [-0.39, 0.29) is 0 Å². The summed E-state index contributed by atoms with van der Waals surface area (Å²) in [7, 11) is 0. The Morgan fingerprint density at radius 3 is 2.43 bits per heavy atom. The minimum absolute atomic E-state index is 0.372. The topological polar surface area (TPSA) is 29.5 Å². The predicted octanol–water partition coefficient (Wildman–Crippen LogP) is 1.48. The molecule has 0 unspecified atom stereocenters. The van der Waals surface area contributed by atoms with Crippen LogP contribution < -0.4 is 0 Å². The van der Waals surface area contributed by atoms with Crippen LogP contribution in [0.15, 0.2) is 0 Å². The molecule has 1 radical (unpaired) electrons. The fraction of sp³-hybridized carbons (Fsp3) is 0.800. The smallest absolute Gasteiger partial charge is 0.0879 e. The first-order valence-corrected chi connectivity index (χ1v) is 2.39. The monoisotopic (exact) mass is 103 g/mol. The highest BCUT2D eigenvalue weighted by Gasteiger charge is 1.95. The fourth-order valence-corrected chi connectivity index (χ4v) is 0.212. The number of hydrogen-bond acceptors (Lipinski definition) is 2. The van der Waals surface area contributed by atoms with E-state index in [9.17, 15) is 0 Å². The third-order valence-electron chi connectivity index (χ3n) is 0.915. The molecule has 2 nitrogen and oxygen atoms in total. The molecule has 0 heterocycles. The summed E-state index contributed by atoms with van der Waals surface area (Å²) in [5.74, 6) is 1.16. The summed E-state index contributed by atoms with van der Waals surface area (Å²) in [6.45, 7) is 4.33. The minimum atomic E-state index is 0.372. The molecule has 0 aromatic heterocycles. The Labute approximate surface area is 44.0 Å². The van der Waals surface area contributed by atoms with E-state index in [4.69, 9.17) is 5.26 Å². The van der Waals surface area contributed by atoms with Gasteiger partial charge in [-0.1, -0.05) is 13.8 Å². The second kappa shape index (κ2) is 4.09. The van der Waals surface area contributed by atoms with E-state index in [1.165, 1.54) is 0 Å².